The van der Waals surface area contributed by atoms with Gasteiger partial charge in [-0.15, -0.1) is 0 Å². The Morgan fingerprint density at radius 1 is 1.17 bits per heavy atom. The lowest BCUT2D eigenvalue weighted by Crippen LogP contribution is -1.93. The Labute approximate surface area is 106 Å². The number of rotatable bonds is 3. The average molecular weight is 246 g/mol. The first-order chi connectivity index (χ1) is 8.61. The molecular formula is C15H15FO2. The molecular weight excluding hydrogens is 231 g/mol. The molecule has 0 bridgehead atoms. The minimum Gasteiger partial charge on any atom is -0.508 e. The van der Waals surface area contributed by atoms with Crippen LogP contribution in [0.1, 0.15) is 11.1 Å². The molecule has 0 saturated carbocycles. The Bertz CT molecular complexity index is 564. The lowest BCUT2D eigenvalue weighted by molar-refractivity contribution is 0.181. The molecule has 2 aromatic rings. The van der Waals surface area contributed by atoms with Gasteiger partial charge in [-0.25, -0.2) is 4.39 Å². The summed E-state index contributed by atoms with van der Waals surface area (Å²) in [6.45, 7) is 2.15. The molecule has 1 N–H and O–H groups in total. The zero-order valence-electron chi connectivity index (χ0n) is 10.4. The van der Waals surface area contributed by atoms with Crippen molar-refractivity contribution >= 4 is 0 Å². The van der Waals surface area contributed by atoms with E-state index in [0.717, 1.165) is 16.7 Å². The Balaban J connectivity index is 2.42. The number of phenols is 1. The van der Waals surface area contributed by atoms with Gasteiger partial charge in [0.15, 0.2) is 0 Å². The summed E-state index contributed by atoms with van der Waals surface area (Å²) < 4.78 is 18.7. The van der Waals surface area contributed by atoms with Gasteiger partial charge in [0, 0.05) is 12.7 Å². The molecule has 0 fully saturated rings. The summed E-state index contributed by atoms with van der Waals surface area (Å²) >= 11 is 0. The van der Waals surface area contributed by atoms with Crippen LogP contribution in [0.4, 0.5) is 4.39 Å². The van der Waals surface area contributed by atoms with E-state index < -0.39 is 0 Å². The number of halogens is 1. The van der Waals surface area contributed by atoms with Gasteiger partial charge in [-0.05, 0) is 41.8 Å². The van der Waals surface area contributed by atoms with E-state index in [2.05, 4.69) is 0 Å². The Morgan fingerprint density at radius 3 is 2.56 bits per heavy atom. The highest BCUT2D eigenvalue weighted by Crippen LogP contribution is 2.27. The van der Waals surface area contributed by atoms with Crippen molar-refractivity contribution in [3.05, 3.63) is 53.3 Å². The molecule has 0 heterocycles. The van der Waals surface area contributed by atoms with E-state index in [1.165, 1.54) is 13.2 Å². The quantitative estimate of drug-likeness (QED) is 0.895. The van der Waals surface area contributed by atoms with Crippen molar-refractivity contribution in [3.63, 3.8) is 0 Å². The van der Waals surface area contributed by atoms with Crippen molar-refractivity contribution in [2.45, 2.75) is 13.5 Å². The van der Waals surface area contributed by atoms with Crippen LogP contribution < -0.4 is 0 Å². The molecule has 0 amide bonds. The lowest BCUT2D eigenvalue weighted by Gasteiger charge is -2.09. The van der Waals surface area contributed by atoms with E-state index in [4.69, 9.17) is 4.74 Å². The maximum absolute atomic E-state index is 13.8. The third-order valence-corrected chi connectivity index (χ3v) is 2.87. The first-order valence-corrected chi connectivity index (χ1v) is 5.69. The fraction of sp³-hybridized carbons (Fsp3) is 0.200. The first kappa shape index (κ1) is 12.6. The maximum atomic E-state index is 13.8. The van der Waals surface area contributed by atoms with Gasteiger partial charge in [0.25, 0.3) is 0 Å². The molecule has 0 aromatic heterocycles. The zero-order valence-corrected chi connectivity index (χ0v) is 10.4. The highest BCUT2D eigenvalue weighted by atomic mass is 19.1. The molecule has 3 heteroatoms. The molecule has 0 atom stereocenters. The highest BCUT2D eigenvalue weighted by molar-refractivity contribution is 5.68. The summed E-state index contributed by atoms with van der Waals surface area (Å²) in [5.74, 6) is -0.0606. The minimum absolute atomic E-state index is 0.215. The number of hydrogen-bond acceptors (Lipinski definition) is 2. The van der Waals surface area contributed by atoms with Crippen molar-refractivity contribution in [2.24, 2.45) is 0 Å². The van der Waals surface area contributed by atoms with E-state index in [1.807, 2.05) is 13.0 Å². The van der Waals surface area contributed by atoms with Crippen molar-refractivity contribution in [1.29, 1.82) is 0 Å². The number of methoxy groups -OCH3 is 1. The third kappa shape index (κ3) is 2.51. The van der Waals surface area contributed by atoms with Gasteiger partial charge >= 0.3 is 0 Å². The number of hydrogen-bond donors (Lipinski definition) is 1. The molecule has 0 aliphatic rings. The standard InChI is InChI=1S/C15H15FO2/c1-10-7-13(17)5-6-14(10)11-3-4-12(9-18-2)15(16)8-11/h3-8,17H,9H2,1-2H3. The van der Waals surface area contributed by atoms with E-state index in [1.54, 1.807) is 24.3 Å². The molecule has 0 aliphatic heterocycles. The summed E-state index contributed by atoms with van der Waals surface area (Å²) in [5.41, 5.74) is 3.16. The fourth-order valence-electron chi connectivity index (χ4n) is 1.96. The van der Waals surface area contributed by atoms with Crippen LogP contribution in [0.5, 0.6) is 5.75 Å². The van der Waals surface area contributed by atoms with Crippen molar-refractivity contribution in [2.75, 3.05) is 7.11 Å². The van der Waals surface area contributed by atoms with Gasteiger partial charge in [0.2, 0.25) is 0 Å². The van der Waals surface area contributed by atoms with E-state index in [0.29, 0.717) is 5.56 Å². The molecule has 0 aliphatic carbocycles. The SMILES string of the molecule is COCc1ccc(-c2ccc(O)cc2C)cc1F. The molecule has 0 saturated heterocycles. The van der Waals surface area contributed by atoms with Crippen molar-refractivity contribution < 1.29 is 14.2 Å². The van der Waals surface area contributed by atoms with Gasteiger partial charge in [0.1, 0.15) is 11.6 Å². The predicted molar refractivity (Wildman–Crippen MR) is 69.0 cm³/mol. The van der Waals surface area contributed by atoms with Crippen LogP contribution in [-0.2, 0) is 11.3 Å². The summed E-state index contributed by atoms with van der Waals surface area (Å²) in [6, 6.07) is 10.1. The van der Waals surface area contributed by atoms with Crippen molar-refractivity contribution in [1.82, 2.24) is 0 Å². The molecule has 0 radical (unpaired) electrons. The molecule has 2 nitrogen and oxygen atoms in total. The van der Waals surface area contributed by atoms with Crippen LogP contribution in [0.15, 0.2) is 36.4 Å². The smallest absolute Gasteiger partial charge is 0.129 e. The third-order valence-electron chi connectivity index (χ3n) is 2.87. The zero-order chi connectivity index (χ0) is 13.1. The second-order valence-corrected chi connectivity index (χ2v) is 4.24. The molecule has 0 spiro atoms. The molecule has 0 unspecified atom stereocenters. The molecule has 94 valence electrons. The van der Waals surface area contributed by atoms with Gasteiger partial charge in [-0.3, -0.25) is 0 Å². The number of aromatic hydroxyl groups is 1. The fourth-order valence-corrected chi connectivity index (χ4v) is 1.96. The second-order valence-electron chi connectivity index (χ2n) is 4.24. The van der Waals surface area contributed by atoms with Crippen LogP contribution in [0.3, 0.4) is 0 Å². The molecule has 18 heavy (non-hydrogen) atoms. The first-order valence-electron chi connectivity index (χ1n) is 5.69. The second kappa shape index (κ2) is 5.19. The topological polar surface area (TPSA) is 29.5 Å². The average Bonchev–Trinajstić information content (AvgIpc) is 2.32. The van der Waals surface area contributed by atoms with Gasteiger partial charge in [0.05, 0.1) is 6.61 Å². The van der Waals surface area contributed by atoms with Crippen LogP contribution in [0.2, 0.25) is 0 Å². The minimum atomic E-state index is -0.276. The van der Waals surface area contributed by atoms with Crippen LogP contribution in [0, 0.1) is 12.7 Å². The normalized spacial score (nSPS) is 10.6. The monoisotopic (exact) mass is 246 g/mol. The number of aryl methyl sites for hydroxylation is 1. The van der Waals surface area contributed by atoms with Crippen LogP contribution >= 0.6 is 0 Å². The van der Waals surface area contributed by atoms with E-state index >= 15 is 0 Å². The summed E-state index contributed by atoms with van der Waals surface area (Å²) in [7, 11) is 1.54. The van der Waals surface area contributed by atoms with Gasteiger partial charge in [-0.1, -0.05) is 18.2 Å². The number of ether oxygens (including phenoxy) is 1. The summed E-state index contributed by atoms with van der Waals surface area (Å²) in [6.07, 6.45) is 0. The van der Waals surface area contributed by atoms with E-state index in [9.17, 15) is 9.50 Å². The molecule has 2 rings (SSSR count). The van der Waals surface area contributed by atoms with Crippen LogP contribution in [-0.4, -0.2) is 12.2 Å². The Kier molecular flexibility index (Phi) is 3.63. The number of phenolic OH excluding ortho intramolecular Hbond substituents is 1. The summed E-state index contributed by atoms with van der Waals surface area (Å²) in [4.78, 5) is 0. The lowest BCUT2D eigenvalue weighted by atomic mass is 9.99. The summed E-state index contributed by atoms with van der Waals surface area (Å²) in [5, 5.41) is 9.36. The Hall–Kier alpha value is -1.87. The number of benzene rings is 2. The Morgan fingerprint density at radius 2 is 1.94 bits per heavy atom. The predicted octanol–water partition coefficient (Wildman–Crippen LogP) is 3.65. The van der Waals surface area contributed by atoms with Gasteiger partial charge in [-0.2, -0.15) is 0 Å². The van der Waals surface area contributed by atoms with Gasteiger partial charge < -0.3 is 9.84 Å². The van der Waals surface area contributed by atoms with E-state index in [-0.39, 0.29) is 18.2 Å². The molecule has 2 aromatic carbocycles. The van der Waals surface area contributed by atoms with Crippen molar-refractivity contribution in [3.8, 4) is 16.9 Å². The largest absolute Gasteiger partial charge is 0.508 e. The van der Waals surface area contributed by atoms with Crippen LogP contribution in [0.25, 0.3) is 11.1 Å². The maximum Gasteiger partial charge on any atom is 0.129 e. The highest BCUT2D eigenvalue weighted by Gasteiger charge is 2.07.